The van der Waals surface area contributed by atoms with Crippen LogP contribution in [-0.4, -0.2) is 11.9 Å². The third-order valence-corrected chi connectivity index (χ3v) is 3.88. The Kier molecular flexibility index (Phi) is 5.03. The van der Waals surface area contributed by atoms with E-state index in [1.165, 1.54) is 0 Å². The molecular formula is C16H20ClNO. The van der Waals surface area contributed by atoms with Crippen molar-refractivity contribution in [2.45, 2.75) is 38.6 Å². The fourth-order valence-corrected chi connectivity index (χ4v) is 2.65. The zero-order chi connectivity index (χ0) is 13.7. The maximum Gasteiger partial charge on any atom is 0.223 e. The van der Waals surface area contributed by atoms with Crippen LogP contribution in [0.15, 0.2) is 36.4 Å². The third-order valence-electron chi connectivity index (χ3n) is 3.51. The highest BCUT2D eigenvalue weighted by Gasteiger charge is 2.20. The largest absolute Gasteiger partial charge is 0.353 e. The summed E-state index contributed by atoms with van der Waals surface area (Å²) in [6, 6.07) is 7.90. The minimum atomic E-state index is 0.110. The van der Waals surface area contributed by atoms with Crippen molar-refractivity contribution in [1.29, 1.82) is 0 Å². The highest BCUT2D eigenvalue weighted by atomic mass is 35.5. The van der Waals surface area contributed by atoms with Crippen molar-refractivity contribution in [3.63, 3.8) is 0 Å². The van der Waals surface area contributed by atoms with Gasteiger partial charge in [-0.15, -0.1) is 0 Å². The predicted octanol–water partition coefficient (Wildman–Crippen LogP) is 3.74. The summed E-state index contributed by atoms with van der Waals surface area (Å²) < 4.78 is 0. The lowest BCUT2D eigenvalue weighted by atomic mass is 9.93. The molecule has 19 heavy (non-hydrogen) atoms. The molecule has 0 fully saturated rings. The van der Waals surface area contributed by atoms with Gasteiger partial charge in [0.1, 0.15) is 0 Å². The van der Waals surface area contributed by atoms with E-state index in [9.17, 15) is 4.79 Å². The number of allylic oxidation sites excluding steroid dienone is 2. The molecule has 102 valence electrons. The number of amides is 1. The maximum atomic E-state index is 12.1. The zero-order valence-corrected chi connectivity index (χ0v) is 12.0. The summed E-state index contributed by atoms with van der Waals surface area (Å²) in [6.45, 7) is 2.03. The number of carbonyl (C=O) groups is 1. The number of benzene rings is 1. The first-order valence-electron chi connectivity index (χ1n) is 6.85. The van der Waals surface area contributed by atoms with Crippen molar-refractivity contribution >= 4 is 17.5 Å². The second kappa shape index (κ2) is 6.76. The number of nitrogens with one attached hydrogen (secondary N) is 1. The first kappa shape index (κ1) is 14.1. The van der Waals surface area contributed by atoms with Crippen LogP contribution >= 0.6 is 11.6 Å². The highest BCUT2D eigenvalue weighted by Crippen LogP contribution is 2.19. The summed E-state index contributed by atoms with van der Waals surface area (Å²) >= 11 is 6.13. The lowest BCUT2D eigenvalue weighted by Crippen LogP contribution is -2.38. The molecule has 0 aliphatic heterocycles. The average molecular weight is 278 g/mol. The first-order valence-corrected chi connectivity index (χ1v) is 7.23. The van der Waals surface area contributed by atoms with E-state index < -0.39 is 0 Å². The molecule has 2 atom stereocenters. The molecule has 0 spiro atoms. The molecule has 1 N–H and O–H groups in total. The Bertz CT molecular complexity index is 470. The highest BCUT2D eigenvalue weighted by molar-refractivity contribution is 6.31. The molecule has 1 amide bonds. The summed E-state index contributed by atoms with van der Waals surface area (Å²) in [7, 11) is 0. The molecule has 0 bridgehead atoms. The van der Waals surface area contributed by atoms with Gasteiger partial charge in [-0.3, -0.25) is 4.79 Å². The molecule has 0 aromatic heterocycles. The lowest BCUT2D eigenvalue weighted by Gasteiger charge is -2.21. The Labute approximate surface area is 119 Å². The van der Waals surface area contributed by atoms with Crippen molar-refractivity contribution in [3.8, 4) is 0 Å². The lowest BCUT2D eigenvalue weighted by molar-refractivity contribution is -0.125. The average Bonchev–Trinajstić information content (AvgIpc) is 2.42. The zero-order valence-electron chi connectivity index (χ0n) is 11.2. The first-order chi connectivity index (χ1) is 9.16. The topological polar surface area (TPSA) is 29.1 Å². The van der Waals surface area contributed by atoms with Crippen LogP contribution in [0, 0.1) is 5.92 Å². The molecule has 0 heterocycles. The van der Waals surface area contributed by atoms with E-state index in [0.717, 1.165) is 36.3 Å². The monoisotopic (exact) mass is 277 g/mol. The predicted molar refractivity (Wildman–Crippen MR) is 79.2 cm³/mol. The van der Waals surface area contributed by atoms with Crippen molar-refractivity contribution in [1.82, 2.24) is 5.32 Å². The van der Waals surface area contributed by atoms with E-state index in [1.807, 2.05) is 31.2 Å². The molecule has 2 rings (SSSR count). The summed E-state index contributed by atoms with van der Waals surface area (Å²) in [5.74, 6) is 0.308. The van der Waals surface area contributed by atoms with Gasteiger partial charge in [0.25, 0.3) is 0 Å². The van der Waals surface area contributed by atoms with Crippen LogP contribution in [0.1, 0.15) is 31.7 Å². The number of hydrogen-bond donors (Lipinski definition) is 1. The second-order valence-corrected chi connectivity index (χ2v) is 5.59. The van der Waals surface area contributed by atoms with Crippen LogP contribution in [0.4, 0.5) is 0 Å². The van der Waals surface area contributed by atoms with E-state index in [0.29, 0.717) is 0 Å². The van der Waals surface area contributed by atoms with Crippen LogP contribution in [0.2, 0.25) is 5.02 Å². The van der Waals surface area contributed by atoms with Gasteiger partial charge in [-0.25, -0.2) is 0 Å². The van der Waals surface area contributed by atoms with Crippen molar-refractivity contribution < 1.29 is 4.79 Å². The van der Waals surface area contributed by atoms with Crippen molar-refractivity contribution in [2.24, 2.45) is 5.92 Å². The van der Waals surface area contributed by atoms with Gasteiger partial charge in [0, 0.05) is 17.0 Å². The quantitative estimate of drug-likeness (QED) is 0.835. The molecular weight excluding hydrogens is 258 g/mol. The number of carbonyl (C=O) groups excluding carboxylic acids is 1. The molecule has 1 aromatic carbocycles. The summed E-state index contributed by atoms with van der Waals surface area (Å²) in [4.78, 5) is 12.1. The molecule has 1 aromatic rings. The molecule has 0 saturated heterocycles. The van der Waals surface area contributed by atoms with Gasteiger partial charge < -0.3 is 5.32 Å². The molecule has 3 heteroatoms. The number of halogens is 1. The van der Waals surface area contributed by atoms with Crippen LogP contribution < -0.4 is 5.32 Å². The van der Waals surface area contributed by atoms with Gasteiger partial charge in [0.05, 0.1) is 0 Å². The van der Waals surface area contributed by atoms with E-state index in [-0.39, 0.29) is 17.9 Å². The fraction of sp³-hybridized carbons (Fsp3) is 0.438. The Morgan fingerprint density at radius 3 is 2.89 bits per heavy atom. The van der Waals surface area contributed by atoms with Crippen LogP contribution in [-0.2, 0) is 11.2 Å². The molecule has 0 unspecified atom stereocenters. The molecule has 1 aliphatic rings. The molecule has 0 saturated carbocycles. The van der Waals surface area contributed by atoms with Crippen LogP contribution in [0.3, 0.4) is 0 Å². The fourth-order valence-electron chi connectivity index (χ4n) is 2.44. The van der Waals surface area contributed by atoms with Gasteiger partial charge in [0.2, 0.25) is 5.91 Å². The Balaban J connectivity index is 1.87. The minimum absolute atomic E-state index is 0.110. The van der Waals surface area contributed by atoms with Gasteiger partial charge in [-0.1, -0.05) is 42.0 Å². The normalized spacial score (nSPS) is 20.0. The molecule has 1 aliphatic carbocycles. The van der Waals surface area contributed by atoms with Gasteiger partial charge in [-0.2, -0.15) is 0 Å². The smallest absolute Gasteiger partial charge is 0.223 e. The summed E-state index contributed by atoms with van der Waals surface area (Å²) in [6.07, 6.45) is 7.86. The Morgan fingerprint density at radius 2 is 2.21 bits per heavy atom. The Morgan fingerprint density at radius 1 is 1.42 bits per heavy atom. The van der Waals surface area contributed by atoms with E-state index in [1.54, 1.807) is 0 Å². The maximum absolute atomic E-state index is 12.1. The van der Waals surface area contributed by atoms with E-state index in [4.69, 9.17) is 11.6 Å². The SMILES string of the molecule is C[C@@H](Cc1ccccc1Cl)NC(=O)[C@H]1CC=CCC1. The van der Waals surface area contributed by atoms with E-state index >= 15 is 0 Å². The van der Waals surface area contributed by atoms with Gasteiger partial charge in [-0.05, 0) is 44.2 Å². The van der Waals surface area contributed by atoms with Crippen LogP contribution in [0.5, 0.6) is 0 Å². The molecule has 0 radical (unpaired) electrons. The summed E-state index contributed by atoms with van der Waals surface area (Å²) in [5.41, 5.74) is 1.08. The van der Waals surface area contributed by atoms with E-state index in [2.05, 4.69) is 17.5 Å². The third kappa shape index (κ3) is 4.10. The van der Waals surface area contributed by atoms with Crippen LogP contribution in [0.25, 0.3) is 0 Å². The molecule has 2 nitrogen and oxygen atoms in total. The second-order valence-electron chi connectivity index (χ2n) is 5.19. The minimum Gasteiger partial charge on any atom is -0.353 e. The standard InChI is InChI=1S/C16H20ClNO/c1-12(11-14-9-5-6-10-15(14)17)18-16(19)13-7-3-2-4-8-13/h2-3,5-6,9-10,12-13H,4,7-8,11H2,1H3,(H,18,19)/t12-,13-/m0/s1. The number of hydrogen-bond acceptors (Lipinski definition) is 1. The summed E-state index contributed by atoms with van der Waals surface area (Å²) in [5, 5.41) is 3.86. The van der Waals surface area contributed by atoms with Gasteiger partial charge in [0.15, 0.2) is 0 Å². The number of rotatable bonds is 4. The Hall–Kier alpha value is -1.28. The van der Waals surface area contributed by atoms with Crippen molar-refractivity contribution in [2.75, 3.05) is 0 Å². The van der Waals surface area contributed by atoms with Gasteiger partial charge >= 0.3 is 0 Å². The van der Waals surface area contributed by atoms with Crippen molar-refractivity contribution in [3.05, 3.63) is 47.0 Å².